The molecule has 2 aromatic carbocycles. The van der Waals surface area contributed by atoms with Crippen LogP contribution in [0.25, 0.3) is 0 Å². The summed E-state index contributed by atoms with van der Waals surface area (Å²) < 4.78 is 36.8. The third kappa shape index (κ3) is 5.80. The summed E-state index contributed by atoms with van der Waals surface area (Å²) in [5.74, 6) is 1.47. The lowest BCUT2D eigenvalue weighted by molar-refractivity contribution is 0.114. The minimum Gasteiger partial charge on any atom is -0.468 e. The molecule has 1 fully saturated rings. The molecular formula is C29H36N4O4S. The van der Waals surface area contributed by atoms with Gasteiger partial charge < -0.3 is 20.9 Å². The Labute approximate surface area is 224 Å². The molecule has 3 aromatic rings. The number of nitrogen functional groups attached to an aromatic ring is 1. The van der Waals surface area contributed by atoms with Gasteiger partial charge in [-0.3, -0.25) is 4.72 Å². The van der Waals surface area contributed by atoms with Crippen LogP contribution in [0.15, 0.2) is 66.9 Å². The number of aromatic nitrogens is 1. The number of nitrogens with two attached hydrogens (primary N) is 1. The van der Waals surface area contributed by atoms with E-state index >= 15 is 0 Å². The number of pyridine rings is 1. The minimum absolute atomic E-state index is 0.00368. The van der Waals surface area contributed by atoms with Crippen molar-refractivity contribution in [1.29, 1.82) is 0 Å². The third-order valence-corrected chi connectivity index (χ3v) is 9.61. The zero-order valence-electron chi connectivity index (χ0n) is 21.5. The second kappa shape index (κ2) is 11.3. The van der Waals surface area contributed by atoms with Crippen LogP contribution in [0.1, 0.15) is 67.2 Å². The van der Waals surface area contributed by atoms with Crippen LogP contribution in [-0.2, 0) is 16.4 Å². The van der Waals surface area contributed by atoms with Crippen molar-refractivity contribution in [2.75, 3.05) is 23.5 Å². The van der Waals surface area contributed by atoms with Crippen LogP contribution in [0, 0.1) is 0 Å². The van der Waals surface area contributed by atoms with Gasteiger partial charge in [0.1, 0.15) is 11.6 Å². The fourth-order valence-corrected chi connectivity index (χ4v) is 6.93. The van der Waals surface area contributed by atoms with E-state index in [9.17, 15) is 13.5 Å². The zero-order valence-corrected chi connectivity index (χ0v) is 22.3. The Morgan fingerprint density at radius 1 is 1.05 bits per heavy atom. The SMILES string of the molecule is Nc1ccc(C(O)CNCC2(S(=O)(=O)Nc3ccc(C4CCCCC4)cc3)CCc3ccccc3O2)cn1. The molecule has 5 rings (SSSR count). The summed E-state index contributed by atoms with van der Waals surface area (Å²) in [6, 6.07) is 18.6. The van der Waals surface area contributed by atoms with Crippen molar-refractivity contribution >= 4 is 21.5 Å². The molecule has 0 saturated heterocycles. The van der Waals surface area contributed by atoms with Gasteiger partial charge in [0, 0.05) is 30.4 Å². The van der Waals surface area contributed by atoms with Gasteiger partial charge in [0.05, 0.1) is 12.6 Å². The van der Waals surface area contributed by atoms with E-state index < -0.39 is 21.1 Å². The van der Waals surface area contributed by atoms with E-state index in [4.69, 9.17) is 10.5 Å². The molecule has 8 nitrogen and oxygen atoms in total. The van der Waals surface area contributed by atoms with E-state index in [0.717, 1.165) is 5.56 Å². The predicted molar refractivity (Wildman–Crippen MR) is 149 cm³/mol. The van der Waals surface area contributed by atoms with Crippen molar-refractivity contribution in [3.05, 3.63) is 83.6 Å². The fraction of sp³-hybridized carbons (Fsp3) is 0.414. The Morgan fingerprint density at radius 2 is 1.82 bits per heavy atom. The summed E-state index contributed by atoms with van der Waals surface area (Å²) in [6.07, 6.45) is 7.63. The molecule has 9 heteroatoms. The standard InChI is InChI=1S/C29H36N4O4S/c30-28-15-12-24(18-32-28)26(34)19-31-20-29(17-16-23-8-4-5-9-27(23)37-29)38(35,36)33-25-13-10-22(11-14-25)21-6-2-1-3-7-21/h4-5,8-15,18,21,26,31,33-34H,1-3,6-7,16-17,19-20H2,(H2,30,32). The number of aliphatic hydroxyl groups excluding tert-OH is 1. The van der Waals surface area contributed by atoms with E-state index in [1.54, 1.807) is 18.2 Å². The van der Waals surface area contributed by atoms with Gasteiger partial charge in [-0.25, -0.2) is 13.4 Å². The minimum atomic E-state index is -3.99. The van der Waals surface area contributed by atoms with Crippen molar-refractivity contribution < 1.29 is 18.3 Å². The topological polar surface area (TPSA) is 127 Å². The number of benzene rings is 2. The summed E-state index contributed by atoms with van der Waals surface area (Å²) in [4.78, 5) is 2.47. The number of sulfonamides is 1. The first-order chi connectivity index (χ1) is 18.4. The Kier molecular flexibility index (Phi) is 7.88. The maximum atomic E-state index is 13.9. The predicted octanol–water partition coefficient (Wildman–Crippen LogP) is 4.50. The number of hydrogen-bond donors (Lipinski definition) is 4. The average molecular weight is 537 g/mol. The van der Waals surface area contributed by atoms with Gasteiger partial charge in [-0.2, -0.15) is 0 Å². The molecule has 2 heterocycles. The van der Waals surface area contributed by atoms with Gasteiger partial charge in [-0.1, -0.05) is 55.7 Å². The molecular weight excluding hydrogens is 500 g/mol. The lowest BCUT2D eigenvalue weighted by Gasteiger charge is -2.38. The summed E-state index contributed by atoms with van der Waals surface area (Å²) in [7, 11) is -3.99. The molecule has 2 atom stereocenters. The van der Waals surface area contributed by atoms with Crippen LogP contribution < -0.4 is 20.5 Å². The summed E-state index contributed by atoms with van der Waals surface area (Å²) in [5.41, 5.74) is 8.98. The van der Waals surface area contributed by atoms with E-state index in [1.165, 1.54) is 43.9 Å². The van der Waals surface area contributed by atoms with Crippen LogP contribution in [0.5, 0.6) is 5.75 Å². The monoisotopic (exact) mass is 536 g/mol. The summed E-state index contributed by atoms with van der Waals surface area (Å²) in [5, 5.41) is 13.7. The Balaban J connectivity index is 1.33. The van der Waals surface area contributed by atoms with E-state index in [2.05, 4.69) is 15.0 Å². The molecule has 0 bridgehead atoms. The normalized spacial score (nSPS) is 20.8. The number of anilines is 2. The Bertz CT molecular complexity index is 1330. The van der Waals surface area contributed by atoms with E-state index in [1.807, 2.05) is 42.5 Å². The van der Waals surface area contributed by atoms with Gasteiger partial charge in [0.15, 0.2) is 0 Å². The number of nitrogens with one attached hydrogen (secondary N) is 2. The van der Waals surface area contributed by atoms with Crippen LogP contribution in [0.4, 0.5) is 11.5 Å². The molecule has 1 aliphatic carbocycles. The first kappa shape index (κ1) is 26.5. The van der Waals surface area contributed by atoms with Gasteiger partial charge >= 0.3 is 0 Å². The first-order valence-corrected chi connectivity index (χ1v) is 14.8. The number of ether oxygens (including phenoxy) is 1. The van der Waals surface area contributed by atoms with E-state index in [-0.39, 0.29) is 19.5 Å². The molecule has 1 aromatic heterocycles. The molecule has 2 unspecified atom stereocenters. The van der Waals surface area contributed by atoms with Crippen molar-refractivity contribution in [2.45, 2.75) is 61.9 Å². The first-order valence-electron chi connectivity index (χ1n) is 13.3. The summed E-state index contributed by atoms with van der Waals surface area (Å²) >= 11 is 0. The van der Waals surface area contributed by atoms with Gasteiger partial charge in [0.25, 0.3) is 10.0 Å². The Hall–Kier alpha value is -3.14. The lowest BCUT2D eigenvalue weighted by Crippen LogP contribution is -2.56. The molecule has 202 valence electrons. The number of fused-ring (bicyclic) bond motifs is 1. The molecule has 0 radical (unpaired) electrons. The number of para-hydroxylation sites is 1. The molecule has 38 heavy (non-hydrogen) atoms. The van der Waals surface area contributed by atoms with Gasteiger partial charge in [-0.05, 0) is 60.6 Å². The third-order valence-electron chi connectivity index (χ3n) is 7.70. The van der Waals surface area contributed by atoms with E-state index in [0.29, 0.717) is 35.2 Å². The van der Waals surface area contributed by atoms with Crippen molar-refractivity contribution in [3.63, 3.8) is 0 Å². The van der Waals surface area contributed by atoms with Gasteiger partial charge in [0.2, 0.25) is 4.93 Å². The molecule has 2 aliphatic rings. The van der Waals surface area contributed by atoms with Crippen LogP contribution in [0.3, 0.4) is 0 Å². The highest BCUT2D eigenvalue weighted by Crippen LogP contribution is 2.38. The second-order valence-electron chi connectivity index (χ2n) is 10.3. The second-order valence-corrected chi connectivity index (χ2v) is 12.3. The molecule has 1 aliphatic heterocycles. The largest absolute Gasteiger partial charge is 0.468 e. The maximum Gasteiger partial charge on any atom is 0.275 e. The molecule has 5 N–H and O–H groups in total. The highest BCUT2D eigenvalue weighted by atomic mass is 32.2. The number of rotatable bonds is 9. The van der Waals surface area contributed by atoms with Crippen LogP contribution in [0.2, 0.25) is 0 Å². The zero-order chi connectivity index (χ0) is 26.6. The Morgan fingerprint density at radius 3 is 2.55 bits per heavy atom. The lowest BCUT2D eigenvalue weighted by atomic mass is 9.84. The van der Waals surface area contributed by atoms with Crippen molar-refractivity contribution in [1.82, 2.24) is 10.3 Å². The smallest absolute Gasteiger partial charge is 0.275 e. The average Bonchev–Trinajstić information content (AvgIpc) is 2.94. The molecule has 1 saturated carbocycles. The molecule has 0 spiro atoms. The number of nitrogens with zero attached hydrogens (tertiary/aromatic N) is 1. The molecule has 0 amide bonds. The number of aliphatic hydroxyl groups is 1. The van der Waals surface area contributed by atoms with Gasteiger partial charge in [-0.15, -0.1) is 0 Å². The highest BCUT2D eigenvalue weighted by molar-refractivity contribution is 7.94. The number of aryl methyl sites for hydroxylation is 1. The highest BCUT2D eigenvalue weighted by Gasteiger charge is 2.48. The fourth-order valence-electron chi connectivity index (χ4n) is 5.43. The number of hydrogen-bond acceptors (Lipinski definition) is 7. The van der Waals surface area contributed by atoms with Crippen molar-refractivity contribution in [2.24, 2.45) is 0 Å². The summed E-state index contributed by atoms with van der Waals surface area (Å²) in [6.45, 7) is 0.125. The van der Waals surface area contributed by atoms with Crippen LogP contribution in [-0.4, -0.2) is 36.5 Å². The van der Waals surface area contributed by atoms with Crippen molar-refractivity contribution in [3.8, 4) is 5.75 Å². The van der Waals surface area contributed by atoms with Crippen LogP contribution >= 0.6 is 0 Å². The maximum absolute atomic E-state index is 13.9. The quantitative estimate of drug-likeness (QED) is 0.317.